The number of nitrogens with two attached hydrogens (primary N) is 1. The summed E-state index contributed by atoms with van der Waals surface area (Å²) in [6.45, 7) is 4.89. The molecule has 1 rings (SSSR count). The zero-order valence-electron chi connectivity index (χ0n) is 9.90. The van der Waals surface area contributed by atoms with Crippen molar-refractivity contribution in [2.45, 2.75) is 36.8 Å². The van der Waals surface area contributed by atoms with Crippen LogP contribution in [0.5, 0.6) is 0 Å². The van der Waals surface area contributed by atoms with Crippen molar-refractivity contribution >= 4 is 17.5 Å². The second-order valence-electron chi connectivity index (χ2n) is 4.01. The fourth-order valence-electron chi connectivity index (χ4n) is 1.40. The third-order valence-corrected chi connectivity index (χ3v) is 3.17. The van der Waals surface area contributed by atoms with Crippen LogP contribution < -0.4 is 5.73 Å². The van der Waals surface area contributed by atoms with Crippen molar-refractivity contribution in [3.8, 4) is 0 Å². The third-order valence-electron chi connectivity index (χ3n) is 2.16. The van der Waals surface area contributed by atoms with Gasteiger partial charge >= 0.3 is 0 Å². The standard InChI is InChI=1S/C13H19NOS/c1-10(2)16-12-7-5-11(6-8-12)13(15)4-3-9-14/h5-8,10H,3-4,9,14H2,1-2H3. The van der Waals surface area contributed by atoms with E-state index in [9.17, 15) is 4.79 Å². The molecule has 0 atom stereocenters. The van der Waals surface area contributed by atoms with Gasteiger partial charge in [-0.2, -0.15) is 0 Å². The van der Waals surface area contributed by atoms with Gasteiger partial charge in [-0.1, -0.05) is 26.0 Å². The molecular formula is C13H19NOS. The number of carbonyl (C=O) groups excluding carboxylic acids is 1. The molecule has 0 aliphatic rings. The molecule has 0 heterocycles. The van der Waals surface area contributed by atoms with E-state index in [4.69, 9.17) is 5.73 Å². The van der Waals surface area contributed by atoms with Crippen LogP contribution >= 0.6 is 11.8 Å². The number of carbonyl (C=O) groups is 1. The van der Waals surface area contributed by atoms with E-state index in [2.05, 4.69) is 13.8 Å². The molecule has 0 saturated carbocycles. The Morgan fingerprint density at radius 1 is 1.31 bits per heavy atom. The van der Waals surface area contributed by atoms with Crippen LogP contribution in [0.2, 0.25) is 0 Å². The molecule has 0 aliphatic heterocycles. The normalized spacial score (nSPS) is 10.8. The number of ketones is 1. The molecule has 1 aromatic rings. The summed E-state index contributed by atoms with van der Waals surface area (Å²) in [7, 11) is 0. The molecule has 0 radical (unpaired) electrons. The van der Waals surface area contributed by atoms with Crippen molar-refractivity contribution in [2.75, 3.05) is 6.54 Å². The molecule has 0 fully saturated rings. The third kappa shape index (κ3) is 4.37. The van der Waals surface area contributed by atoms with Gasteiger partial charge in [0.1, 0.15) is 0 Å². The van der Waals surface area contributed by atoms with Gasteiger partial charge in [0.25, 0.3) is 0 Å². The van der Waals surface area contributed by atoms with E-state index in [0.717, 1.165) is 12.0 Å². The first-order valence-electron chi connectivity index (χ1n) is 5.63. The molecule has 0 unspecified atom stereocenters. The van der Waals surface area contributed by atoms with Gasteiger partial charge in [0.2, 0.25) is 0 Å². The SMILES string of the molecule is CC(C)Sc1ccc(C(=O)CCCN)cc1. The molecular weight excluding hydrogens is 218 g/mol. The van der Waals surface area contributed by atoms with E-state index >= 15 is 0 Å². The summed E-state index contributed by atoms with van der Waals surface area (Å²) in [6.07, 6.45) is 1.31. The minimum Gasteiger partial charge on any atom is -0.330 e. The monoisotopic (exact) mass is 237 g/mol. The highest BCUT2D eigenvalue weighted by molar-refractivity contribution is 7.99. The van der Waals surface area contributed by atoms with E-state index < -0.39 is 0 Å². The average Bonchev–Trinajstić information content (AvgIpc) is 2.26. The van der Waals surface area contributed by atoms with Crippen molar-refractivity contribution < 1.29 is 4.79 Å². The second kappa shape index (κ2) is 6.71. The number of thioether (sulfide) groups is 1. The maximum absolute atomic E-state index is 11.7. The molecule has 0 spiro atoms. The molecule has 0 saturated heterocycles. The molecule has 3 heteroatoms. The Bertz CT molecular complexity index is 332. The predicted molar refractivity (Wildman–Crippen MR) is 70.1 cm³/mol. The summed E-state index contributed by atoms with van der Waals surface area (Å²) in [5.41, 5.74) is 6.17. The highest BCUT2D eigenvalue weighted by Gasteiger charge is 2.05. The van der Waals surface area contributed by atoms with Gasteiger partial charge in [0.05, 0.1) is 0 Å². The zero-order chi connectivity index (χ0) is 12.0. The van der Waals surface area contributed by atoms with Crippen LogP contribution in [-0.2, 0) is 0 Å². The molecule has 0 aromatic heterocycles. The van der Waals surface area contributed by atoms with Gasteiger partial charge < -0.3 is 5.73 Å². The van der Waals surface area contributed by atoms with E-state index in [1.54, 1.807) is 11.8 Å². The molecule has 2 nitrogen and oxygen atoms in total. The highest BCUT2D eigenvalue weighted by atomic mass is 32.2. The second-order valence-corrected chi connectivity index (χ2v) is 5.66. The molecule has 16 heavy (non-hydrogen) atoms. The minimum atomic E-state index is 0.187. The lowest BCUT2D eigenvalue weighted by molar-refractivity contribution is 0.0980. The van der Waals surface area contributed by atoms with Crippen molar-refractivity contribution in [3.63, 3.8) is 0 Å². The number of Topliss-reactive ketones (excluding diaryl/α,β-unsaturated/α-hetero) is 1. The van der Waals surface area contributed by atoms with Crippen LogP contribution in [0.4, 0.5) is 0 Å². The van der Waals surface area contributed by atoms with E-state index in [0.29, 0.717) is 18.2 Å². The summed E-state index contributed by atoms with van der Waals surface area (Å²) < 4.78 is 0. The minimum absolute atomic E-state index is 0.187. The summed E-state index contributed by atoms with van der Waals surface area (Å²) >= 11 is 1.81. The number of hydrogen-bond acceptors (Lipinski definition) is 3. The smallest absolute Gasteiger partial charge is 0.162 e. The van der Waals surface area contributed by atoms with Crippen molar-refractivity contribution in [1.82, 2.24) is 0 Å². The van der Waals surface area contributed by atoms with Crippen LogP contribution in [0.15, 0.2) is 29.2 Å². The Labute approximate surface area is 102 Å². The highest BCUT2D eigenvalue weighted by Crippen LogP contribution is 2.23. The topological polar surface area (TPSA) is 43.1 Å². The van der Waals surface area contributed by atoms with Crippen LogP contribution in [0.25, 0.3) is 0 Å². The van der Waals surface area contributed by atoms with Crippen molar-refractivity contribution in [2.24, 2.45) is 5.73 Å². The molecule has 1 aromatic carbocycles. The number of benzene rings is 1. The largest absolute Gasteiger partial charge is 0.330 e. The summed E-state index contributed by atoms with van der Waals surface area (Å²) in [5.74, 6) is 0.187. The Morgan fingerprint density at radius 3 is 2.44 bits per heavy atom. The zero-order valence-corrected chi connectivity index (χ0v) is 10.7. The first kappa shape index (κ1) is 13.3. The van der Waals surface area contributed by atoms with Gasteiger partial charge in [0, 0.05) is 22.1 Å². The first-order chi connectivity index (χ1) is 7.63. The predicted octanol–water partition coefficient (Wildman–Crippen LogP) is 3.11. The Balaban J connectivity index is 2.60. The fourth-order valence-corrected chi connectivity index (χ4v) is 2.24. The lowest BCUT2D eigenvalue weighted by Crippen LogP contribution is -2.04. The van der Waals surface area contributed by atoms with Gasteiger partial charge in [-0.05, 0) is 25.1 Å². The van der Waals surface area contributed by atoms with Crippen LogP contribution in [0.3, 0.4) is 0 Å². The number of hydrogen-bond donors (Lipinski definition) is 1. The van der Waals surface area contributed by atoms with Crippen molar-refractivity contribution in [1.29, 1.82) is 0 Å². The molecule has 0 aliphatic carbocycles. The van der Waals surface area contributed by atoms with Crippen LogP contribution in [-0.4, -0.2) is 17.6 Å². The Kier molecular flexibility index (Phi) is 5.56. The molecule has 88 valence electrons. The molecule has 2 N–H and O–H groups in total. The summed E-state index contributed by atoms with van der Waals surface area (Å²) in [6, 6.07) is 7.84. The number of rotatable bonds is 6. The van der Waals surface area contributed by atoms with Gasteiger partial charge in [-0.25, -0.2) is 0 Å². The van der Waals surface area contributed by atoms with Gasteiger partial charge in [-0.15, -0.1) is 11.8 Å². The van der Waals surface area contributed by atoms with Crippen LogP contribution in [0.1, 0.15) is 37.0 Å². The lowest BCUT2D eigenvalue weighted by atomic mass is 10.1. The van der Waals surface area contributed by atoms with Crippen molar-refractivity contribution in [3.05, 3.63) is 29.8 Å². The Hall–Kier alpha value is -0.800. The summed E-state index contributed by atoms with van der Waals surface area (Å²) in [5, 5.41) is 0.568. The fraction of sp³-hybridized carbons (Fsp3) is 0.462. The molecule has 0 amide bonds. The quantitative estimate of drug-likeness (QED) is 0.610. The molecule has 0 bridgehead atoms. The van der Waals surface area contributed by atoms with E-state index in [1.165, 1.54) is 4.90 Å². The van der Waals surface area contributed by atoms with Crippen LogP contribution in [0, 0.1) is 0 Å². The van der Waals surface area contributed by atoms with E-state index in [1.807, 2.05) is 24.3 Å². The maximum Gasteiger partial charge on any atom is 0.162 e. The lowest BCUT2D eigenvalue weighted by Gasteiger charge is -2.05. The average molecular weight is 237 g/mol. The van der Waals surface area contributed by atoms with Gasteiger partial charge in [0.15, 0.2) is 5.78 Å². The first-order valence-corrected chi connectivity index (χ1v) is 6.51. The summed E-state index contributed by atoms with van der Waals surface area (Å²) in [4.78, 5) is 12.9. The van der Waals surface area contributed by atoms with Gasteiger partial charge in [-0.3, -0.25) is 4.79 Å². The Morgan fingerprint density at radius 2 is 1.94 bits per heavy atom. The van der Waals surface area contributed by atoms with E-state index in [-0.39, 0.29) is 5.78 Å². The maximum atomic E-state index is 11.7.